The van der Waals surface area contributed by atoms with E-state index in [0.29, 0.717) is 0 Å². The number of rotatable bonds is 6. The molecule has 5 nitrogen and oxygen atoms in total. The van der Waals surface area contributed by atoms with E-state index < -0.39 is 0 Å². The number of nitrogens with zero attached hydrogens (tertiary/aromatic N) is 2. The molecule has 0 atom stereocenters. The maximum absolute atomic E-state index is 7.44. The van der Waals surface area contributed by atoms with Crippen LogP contribution in [0.5, 0.6) is 34.5 Å². The van der Waals surface area contributed by atoms with Gasteiger partial charge in [0.2, 0.25) is 0 Å². The lowest BCUT2D eigenvalue weighted by Crippen LogP contribution is -2.62. The quantitative estimate of drug-likeness (QED) is 0.155. The summed E-state index contributed by atoms with van der Waals surface area (Å²) in [6.45, 7) is 1.88. The van der Waals surface area contributed by atoms with Crippen LogP contribution in [0.4, 0.5) is 34.1 Å². The minimum absolute atomic E-state index is 0.143. The van der Waals surface area contributed by atoms with Crippen LogP contribution in [-0.4, -0.2) is 13.4 Å². The number of anilines is 6. The molecular weight excluding hydrogens is 878 g/mol. The van der Waals surface area contributed by atoms with Gasteiger partial charge in [-0.05, 0) is 122 Å². The van der Waals surface area contributed by atoms with Crippen LogP contribution in [0, 0.1) is 6.92 Å². The maximum Gasteiger partial charge on any atom is 0.260 e. The summed E-state index contributed by atoms with van der Waals surface area (Å²) in [7, 11) is 0. The Hall–Kier alpha value is -9.19. The highest BCUT2D eigenvalue weighted by Crippen LogP contribution is 2.49. The number of aryl methyl sites for hydroxylation is 1. The van der Waals surface area contributed by atoms with E-state index in [2.05, 4.69) is 253 Å². The van der Waals surface area contributed by atoms with Crippen molar-refractivity contribution in [3.63, 3.8) is 0 Å². The van der Waals surface area contributed by atoms with Crippen LogP contribution < -0.4 is 56.8 Å². The van der Waals surface area contributed by atoms with Gasteiger partial charge in [-0.3, -0.25) is 0 Å². The standard InChI is InChI=1S/C65H42B2N2O3/c1-41-19-8-10-26-47(41)43-35-57-64-61(36-43)70-58-33-16-13-30-51(58)66(64)53-39-54-60(40-56(53)69(57)55-32-15-12-28-50(55)49-29-18-21-42-20-9-11-27-48(42)49)72-63-38-46(37-62-65(63)67(54)52-31-14-17-34-59(52)71-62)68(44-22-4-2-5-23-44)45-24-6-3-7-25-45/h2-40H,1H3. The monoisotopic (exact) mass is 920 g/mol. The van der Waals surface area contributed by atoms with Crippen LogP contribution in [0.1, 0.15) is 5.56 Å². The number of ether oxygens (including phenoxy) is 3. The largest absolute Gasteiger partial charge is 0.458 e. The lowest BCUT2D eigenvalue weighted by atomic mass is 9.31. The highest BCUT2D eigenvalue weighted by molar-refractivity contribution is 7.01. The highest BCUT2D eigenvalue weighted by atomic mass is 16.5. The molecule has 0 saturated carbocycles. The van der Waals surface area contributed by atoms with Gasteiger partial charge < -0.3 is 24.0 Å². The summed E-state index contributed by atoms with van der Waals surface area (Å²) >= 11 is 0. The van der Waals surface area contributed by atoms with Crippen molar-refractivity contribution in [1.82, 2.24) is 0 Å². The summed E-state index contributed by atoms with van der Waals surface area (Å²) in [5.74, 6) is 4.93. The zero-order valence-electron chi connectivity index (χ0n) is 39.3. The first-order valence-corrected chi connectivity index (χ1v) is 24.7. The van der Waals surface area contributed by atoms with E-state index >= 15 is 0 Å². The Bertz CT molecular complexity index is 3980. The number of hydrogen-bond donors (Lipinski definition) is 0. The number of para-hydroxylation sites is 5. The van der Waals surface area contributed by atoms with Crippen LogP contribution in [0.2, 0.25) is 0 Å². The molecule has 15 rings (SSSR count). The van der Waals surface area contributed by atoms with E-state index in [1.807, 2.05) is 0 Å². The number of benzene rings is 11. The molecule has 7 heteroatoms. The summed E-state index contributed by atoms with van der Waals surface area (Å²) in [6, 6.07) is 84.7. The van der Waals surface area contributed by atoms with Gasteiger partial charge in [-0.2, -0.15) is 0 Å². The smallest absolute Gasteiger partial charge is 0.260 e. The second-order valence-corrected chi connectivity index (χ2v) is 19.2. The predicted octanol–water partition coefficient (Wildman–Crippen LogP) is 13.1. The summed E-state index contributed by atoms with van der Waals surface area (Å²) in [4.78, 5) is 4.77. The fraction of sp³-hybridized carbons (Fsp3) is 0.0154. The molecule has 0 unspecified atom stereocenters. The molecule has 4 aliphatic rings. The first-order chi connectivity index (χ1) is 35.6. The van der Waals surface area contributed by atoms with E-state index in [-0.39, 0.29) is 13.4 Å². The Labute approximate surface area is 418 Å². The SMILES string of the molecule is Cc1ccccc1-c1cc2c3c(c1)N(c1ccccc1-c1cccc4ccccc14)c1cc4c(cc1B3c1ccccc1O2)B1c2ccccc2Oc2cc(N(c3ccccc3)c3ccccc3)cc(c21)O4. The highest BCUT2D eigenvalue weighted by Gasteiger charge is 2.47. The normalized spacial score (nSPS) is 13.0. The van der Waals surface area contributed by atoms with Gasteiger partial charge >= 0.3 is 0 Å². The molecule has 11 aromatic carbocycles. The first-order valence-electron chi connectivity index (χ1n) is 24.7. The van der Waals surface area contributed by atoms with Crippen LogP contribution >= 0.6 is 0 Å². The average Bonchev–Trinajstić information content (AvgIpc) is 3.43. The van der Waals surface area contributed by atoms with Crippen molar-refractivity contribution in [2.24, 2.45) is 0 Å². The third-order valence-corrected chi connectivity index (χ3v) is 15.1. The molecule has 0 fully saturated rings. The minimum atomic E-state index is -0.166. The molecule has 4 aliphatic heterocycles. The van der Waals surface area contributed by atoms with Crippen molar-refractivity contribution in [1.29, 1.82) is 0 Å². The number of hydrogen-bond acceptors (Lipinski definition) is 5. The zero-order valence-corrected chi connectivity index (χ0v) is 39.3. The van der Waals surface area contributed by atoms with Crippen molar-refractivity contribution in [2.75, 3.05) is 9.80 Å². The van der Waals surface area contributed by atoms with Gasteiger partial charge in [-0.25, -0.2) is 0 Å². The van der Waals surface area contributed by atoms with Crippen molar-refractivity contribution in [2.45, 2.75) is 6.92 Å². The van der Waals surface area contributed by atoms with E-state index in [1.165, 1.54) is 32.9 Å². The Kier molecular flexibility index (Phi) is 8.99. The second-order valence-electron chi connectivity index (χ2n) is 19.2. The van der Waals surface area contributed by atoms with Crippen LogP contribution in [-0.2, 0) is 0 Å². The Morgan fingerprint density at radius 2 is 0.903 bits per heavy atom. The molecular formula is C65H42B2N2O3. The van der Waals surface area contributed by atoms with Gasteiger partial charge in [0.05, 0.1) is 11.4 Å². The molecule has 336 valence electrons. The molecule has 11 aromatic rings. The van der Waals surface area contributed by atoms with E-state index in [0.717, 1.165) is 107 Å². The zero-order chi connectivity index (χ0) is 47.4. The first kappa shape index (κ1) is 40.7. The van der Waals surface area contributed by atoms with Gasteiger partial charge in [0.25, 0.3) is 13.4 Å². The Morgan fingerprint density at radius 3 is 1.62 bits per heavy atom. The van der Waals surface area contributed by atoms with Crippen LogP contribution in [0.3, 0.4) is 0 Å². The van der Waals surface area contributed by atoms with Gasteiger partial charge in [-0.15, -0.1) is 0 Å². The molecule has 0 aliphatic carbocycles. The van der Waals surface area contributed by atoms with Gasteiger partial charge in [0.15, 0.2) is 0 Å². The lowest BCUT2D eigenvalue weighted by molar-refractivity contribution is 0.465. The molecule has 0 saturated heterocycles. The summed E-state index contributed by atoms with van der Waals surface area (Å²) in [5, 5.41) is 2.40. The van der Waals surface area contributed by atoms with E-state index in [4.69, 9.17) is 14.2 Å². The molecule has 0 aromatic heterocycles. The van der Waals surface area contributed by atoms with Crippen molar-refractivity contribution in [3.8, 4) is 56.8 Å². The molecule has 4 heterocycles. The molecule has 0 amide bonds. The summed E-state index contributed by atoms with van der Waals surface area (Å²) < 4.78 is 21.5. The van der Waals surface area contributed by atoms with Crippen molar-refractivity contribution < 1.29 is 14.2 Å². The van der Waals surface area contributed by atoms with E-state index in [9.17, 15) is 0 Å². The molecule has 0 N–H and O–H groups in total. The van der Waals surface area contributed by atoms with Crippen LogP contribution in [0.25, 0.3) is 33.0 Å². The van der Waals surface area contributed by atoms with Crippen molar-refractivity contribution in [3.05, 3.63) is 242 Å². The minimum Gasteiger partial charge on any atom is -0.458 e. The third-order valence-electron chi connectivity index (χ3n) is 15.1. The van der Waals surface area contributed by atoms with Gasteiger partial charge in [-0.1, -0.05) is 164 Å². The van der Waals surface area contributed by atoms with Crippen molar-refractivity contribution >= 4 is 91.1 Å². The topological polar surface area (TPSA) is 34.2 Å². The molecule has 0 bridgehead atoms. The predicted molar refractivity (Wildman–Crippen MR) is 298 cm³/mol. The van der Waals surface area contributed by atoms with Gasteiger partial charge in [0, 0.05) is 52.0 Å². The fourth-order valence-corrected chi connectivity index (χ4v) is 12.0. The average molecular weight is 921 g/mol. The maximum atomic E-state index is 7.44. The molecule has 0 radical (unpaired) electrons. The molecule has 0 spiro atoms. The van der Waals surface area contributed by atoms with E-state index in [1.54, 1.807) is 0 Å². The summed E-state index contributed by atoms with van der Waals surface area (Å²) in [6.07, 6.45) is 0. The van der Waals surface area contributed by atoms with Gasteiger partial charge in [0.1, 0.15) is 34.5 Å². The third kappa shape index (κ3) is 6.17. The summed E-state index contributed by atoms with van der Waals surface area (Å²) in [5.41, 5.74) is 18.7. The molecule has 72 heavy (non-hydrogen) atoms. The van der Waals surface area contributed by atoms with Crippen LogP contribution in [0.15, 0.2) is 237 Å². The Balaban J connectivity index is 1.01. The number of fused-ring (bicyclic) bond motifs is 9. The second kappa shape index (κ2) is 15.9. The Morgan fingerprint density at radius 1 is 0.347 bits per heavy atom. The lowest BCUT2D eigenvalue weighted by Gasteiger charge is -2.42. The fourth-order valence-electron chi connectivity index (χ4n) is 12.0.